The molecule has 6 heteroatoms. The second-order valence-electron chi connectivity index (χ2n) is 6.43. The van der Waals surface area contributed by atoms with Crippen LogP contribution in [0.25, 0.3) is 0 Å². The Kier molecular flexibility index (Phi) is 5.95. The van der Waals surface area contributed by atoms with E-state index in [1.807, 2.05) is 13.0 Å². The first-order valence-electron chi connectivity index (χ1n) is 8.36. The third kappa shape index (κ3) is 4.81. The molecule has 0 unspecified atom stereocenters. The van der Waals surface area contributed by atoms with Crippen molar-refractivity contribution in [3.63, 3.8) is 0 Å². The molecule has 3 N–H and O–H groups in total. The maximum absolute atomic E-state index is 12.4. The van der Waals surface area contributed by atoms with Crippen molar-refractivity contribution in [2.75, 3.05) is 10.6 Å². The molecule has 130 valence electrons. The van der Waals surface area contributed by atoms with Crippen LogP contribution in [0.3, 0.4) is 0 Å². The quantitative estimate of drug-likeness (QED) is 0.775. The summed E-state index contributed by atoms with van der Waals surface area (Å²) in [5.74, 6) is -0.550. The van der Waals surface area contributed by atoms with Gasteiger partial charge in [0.25, 0.3) is 0 Å². The topological polar surface area (TPSA) is 87.3 Å². The van der Waals surface area contributed by atoms with E-state index in [4.69, 9.17) is 0 Å². The Labute approximate surface area is 142 Å². The van der Waals surface area contributed by atoms with Gasteiger partial charge >= 0.3 is 0 Å². The second kappa shape index (κ2) is 7.95. The lowest BCUT2D eigenvalue weighted by Crippen LogP contribution is -2.43. The van der Waals surface area contributed by atoms with E-state index in [2.05, 4.69) is 16.0 Å². The molecule has 1 saturated carbocycles. The highest BCUT2D eigenvalue weighted by molar-refractivity contribution is 6.02. The Morgan fingerprint density at radius 2 is 1.75 bits per heavy atom. The number of aryl methyl sites for hydroxylation is 1. The summed E-state index contributed by atoms with van der Waals surface area (Å²) in [5, 5.41) is 8.25. The summed E-state index contributed by atoms with van der Waals surface area (Å²) in [5.41, 5.74) is 2.02. The Morgan fingerprint density at radius 1 is 1.08 bits per heavy atom. The van der Waals surface area contributed by atoms with E-state index in [0.29, 0.717) is 11.4 Å². The minimum atomic E-state index is -0.635. The molecule has 6 nitrogen and oxygen atoms in total. The molecule has 2 rings (SSSR count). The largest absolute Gasteiger partial charge is 0.344 e. The number of benzene rings is 1. The average molecular weight is 331 g/mol. The minimum absolute atomic E-state index is 0.0224. The molecule has 0 spiro atoms. The van der Waals surface area contributed by atoms with Gasteiger partial charge in [-0.1, -0.05) is 18.9 Å². The predicted molar refractivity (Wildman–Crippen MR) is 93.7 cm³/mol. The minimum Gasteiger partial charge on any atom is -0.344 e. The van der Waals surface area contributed by atoms with Crippen molar-refractivity contribution < 1.29 is 14.4 Å². The maximum Gasteiger partial charge on any atom is 0.246 e. The fourth-order valence-electron chi connectivity index (χ4n) is 2.89. The van der Waals surface area contributed by atoms with Crippen LogP contribution >= 0.6 is 0 Å². The van der Waals surface area contributed by atoms with Crippen LogP contribution in [-0.4, -0.2) is 23.8 Å². The van der Waals surface area contributed by atoms with Crippen LogP contribution in [-0.2, 0) is 14.4 Å². The normalized spacial score (nSPS) is 15.6. The van der Waals surface area contributed by atoms with E-state index in [0.717, 1.165) is 31.2 Å². The zero-order valence-electron chi connectivity index (χ0n) is 14.4. The van der Waals surface area contributed by atoms with Crippen LogP contribution < -0.4 is 16.0 Å². The summed E-state index contributed by atoms with van der Waals surface area (Å²) in [6.07, 6.45) is 3.93. The van der Waals surface area contributed by atoms with Gasteiger partial charge in [0.2, 0.25) is 17.7 Å². The standard InChI is InChI=1S/C18H25N3O3/c1-11-8-9-15(20-13(3)22)16(10-11)21-17(23)12(2)19-18(24)14-6-4-5-7-14/h8-10,12,14H,4-7H2,1-3H3,(H,19,24)(H,20,22)(H,21,23)/t12-/m0/s1. The van der Waals surface area contributed by atoms with Gasteiger partial charge in [0.15, 0.2) is 0 Å². The zero-order valence-corrected chi connectivity index (χ0v) is 14.4. The molecule has 1 aromatic rings. The molecule has 0 aromatic heterocycles. The molecule has 24 heavy (non-hydrogen) atoms. The van der Waals surface area contributed by atoms with E-state index in [1.54, 1.807) is 19.1 Å². The molecule has 3 amide bonds. The molecular weight excluding hydrogens is 306 g/mol. The molecule has 1 atom stereocenters. The van der Waals surface area contributed by atoms with Crippen molar-refractivity contribution in [3.05, 3.63) is 23.8 Å². The summed E-state index contributed by atoms with van der Waals surface area (Å²) in [7, 11) is 0. The Bertz CT molecular complexity index is 636. The van der Waals surface area contributed by atoms with Crippen LogP contribution in [0.5, 0.6) is 0 Å². The van der Waals surface area contributed by atoms with Gasteiger partial charge in [-0.2, -0.15) is 0 Å². The molecular formula is C18H25N3O3. The average Bonchev–Trinajstić information content (AvgIpc) is 3.04. The number of nitrogens with one attached hydrogen (secondary N) is 3. The van der Waals surface area contributed by atoms with Gasteiger partial charge in [0, 0.05) is 12.8 Å². The number of hydrogen-bond acceptors (Lipinski definition) is 3. The summed E-state index contributed by atoms with van der Waals surface area (Å²) in [4.78, 5) is 35.8. The molecule has 0 aliphatic heterocycles. The highest BCUT2D eigenvalue weighted by atomic mass is 16.2. The number of anilines is 2. The van der Waals surface area contributed by atoms with Crippen LogP contribution in [0.2, 0.25) is 0 Å². The molecule has 0 heterocycles. The lowest BCUT2D eigenvalue weighted by molar-refractivity contribution is -0.128. The van der Waals surface area contributed by atoms with Gasteiger partial charge in [0.05, 0.1) is 11.4 Å². The van der Waals surface area contributed by atoms with E-state index in [9.17, 15) is 14.4 Å². The fourth-order valence-corrected chi connectivity index (χ4v) is 2.89. The molecule has 0 radical (unpaired) electrons. The molecule has 1 fully saturated rings. The van der Waals surface area contributed by atoms with Crippen molar-refractivity contribution in [2.45, 2.75) is 52.5 Å². The third-order valence-electron chi connectivity index (χ3n) is 4.22. The Hall–Kier alpha value is -2.37. The van der Waals surface area contributed by atoms with Crippen molar-refractivity contribution in [2.24, 2.45) is 5.92 Å². The number of amides is 3. The highest BCUT2D eigenvalue weighted by Crippen LogP contribution is 2.25. The van der Waals surface area contributed by atoms with Crippen molar-refractivity contribution >= 4 is 29.1 Å². The van der Waals surface area contributed by atoms with Gasteiger partial charge in [-0.25, -0.2) is 0 Å². The van der Waals surface area contributed by atoms with E-state index >= 15 is 0 Å². The summed E-state index contributed by atoms with van der Waals surface area (Å²) >= 11 is 0. The predicted octanol–water partition coefficient (Wildman–Crippen LogP) is 2.59. The monoisotopic (exact) mass is 331 g/mol. The van der Waals surface area contributed by atoms with Crippen LogP contribution in [0.15, 0.2) is 18.2 Å². The van der Waals surface area contributed by atoms with Crippen molar-refractivity contribution in [1.29, 1.82) is 0 Å². The molecule has 1 aliphatic rings. The van der Waals surface area contributed by atoms with Gasteiger partial charge in [0.1, 0.15) is 6.04 Å². The Balaban J connectivity index is 2.01. The van der Waals surface area contributed by atoms with Gasteiger partial charge in [-0.15, -0.1) is 0 Å². The lowest BCUT2D eigenvalue weighted by atomic mass is 10.1. The number of carbonyl (C=O) groups is 3. The van der Waals surface area contributed by atoms with Crippen LogP contribution in [0.4, 0.5) is 11.4 Å². The molecule has 0 saturated heterocycles. The first-order valence-corrected chi connectivity index (χ1v) is 8.36. The fraction of sp³-hybridized carbons (Fsp3) is 0.500. The van der Waals surface area contributed by atoms with Gasteiger partial charge < -0.3 is 16.0 Å². The molecule has 1 aromatic carbocycles. The summed E-state index contributed by atoms with van der Waals surface area (Å²) in [6.45, 7) is 4.98. The molecule has 1 aliphatic carbocycles. The van der Waals surface area contributed by atoms with E-state index < -0.39 is 6.04 Å². The first kappa shape index (κ1) is 18.0. The SMILES string of the molecule is CC(=O)Nc1ccc(C)cc1NC(=O)[C@H](C)NC(=O)C1CCCC1. The van der Waals surface area contributed by atoms with Crippen LogP contribution in [0, 0.1) is 12.8 Å². The molecule has 0 bridgehead atoms. The van der Waals surface area contributed by atoms with Crippen molar-refractivity contribution in [1.82, 2.24) is 5.32 Å². The van der Waals surface area contributed by atoms with E-state index in [1.165, 1.54) is 6.92 Å². The highest BCUT2D eigenvalue weighted by Gasteiger charge is 2.25. The zero-order chi connectivity index (χ0) is 17.7. The lowest BCUT2D eigenvalue weighted by Gasteiger charge is -2.18. The van der Waals surface area contributed by atoms with E-state index in [-0.39, 0.29) is 23.6 Å². The summed E-state index contributed by atoms with van der Waals surface area (Å²) < 4.78 is 0. The second-order valence-corrected chi connectivity index (χ2v) is 6.43. The van der Waals surface area contributed by atoms with Crippen LogP contribution in [0.1, 0.15) is 45.1 Å². The number of hydrogen-bond donors (Lipinski definition) is 3. The van der Waals surface area contributed by atoms with Gasteiger partial charge in [-0.3, -0.25) is 14.4 Å². The summed E-state index contributed by atoms with van der Waals surface area (Å²) in [6, 6.07) is 4.75. The number of carbonyl (C=O) groups excluding carboxylic acids is 3. The van der Waals surface area contributed by atoms with Gasteiger partial charge in [-0.05, 0) is 44.4 Å². The Morgan fingerprint density at radius 3 is 2.38 bits per heavy atom. The smallest absolute Gasteiger partial charge is 0.246 e. The number of rotatable bonds is 5. The third-order valence-corrected chi connectivity index (χ3v) is 4.22. The van der Waals surface area contributed by atoms with Crippen molar-refractivity contribution in [3.8, 4) is 0 Å². The first-order chi connectivity index (χ1) is 11.4. The maximum atomic E-state index is 12.4.